The number of benzene rings is 1. The van der Waals surface area contributed by atoms with Gasteiger partial charge in [-0.3, -0.25) is 11.3 Å². The Hall–Kier alpha value is -1.98. The molecule has 0 amide bonds. The van der Waals surface area contributed by atoms with Crippen LogP contribution in [0.3, 0.4) is 0 Å². The summed E-state index contributed by atoms with van der Waals surface area (Å²) in [4.78, 5) is 1.61. The lowest BCUT2D eigenvalue weighted by Gasteiger charge is -2.13. The number of hydrogen-bond donors (Lipinski definition) is 2. The third-order valence-electron chi connectivity index (χ3n) is 3.05. The molecule has 0 radical (unpaired) electrons. The number of nitrogens with zero attached hydrogens (tertiary/aromatic N) is 3. The molecule has 1 atom stereocenters. The van der Waals surface area contributed by atoms with Crippen LogP contribution in [-0.4, -0.2) is 15.0 Å². The Bertz CT molecular complexity index is 532. The second kappa shape index (κ2) is 6.26. The Morgan fingerprint density at radius 2 is 2.16 bits per heavy atom. The molecule has 1 heterocycles. The van der Waals surface area contributed by atoms with Gasteiger partial charge in [-0.05, 0) is 25.0 Å². The third-order valence-corrected chi connectivity index (χ3v) is 3.05. The highest BCUT2D eigenvalue weighted by Gasteiger charge is 2.15. The van der Waals surface area contributed by atoms with Crippen molar-refractivity contribution in [2.45, 2.75) is 25.8 Å². The lowest BCUT2D eigenvalue weighted by Crippen LogP contribution is -2.28. The summed E-state index contributed by atoms with van der Waals surface area (Å²) in [5.41, 5.74) is 5.66. The Balaban J connectivity index is 2.17. The van der Waals surface area contributed by atoms with E-state index in [0.717, 1.165) is 29.8 Å². The van der Waals surface area contributed by atoms with Gasteiger partial charge in [0.2, 0.25) is 0 Å². The van der Waals surface area contributed by atoms with E-state index in [0.29, 0.717) is 0 Å². The maximum Gasteiger partial charge on any atom is 0.102 e. The first-order valence-electron chi connectivity index (χ1n) is 6.35. The topological polar surface area (TPSA) is 68.8 Å². The summed E-state index contributed by atoms with van der Waals surface area (Å²) >= 11 is 0. The van der Waals surface area contributed by atoms with Crippen LogP contribution >= 0.6 is 0 Å². The SMILES string of the molecule is C=C(CC)CC(NN)c1cnn(-c2ccccc2)n1. The molecule has 0 spiro atoms. The zero-order valence-electron chi connectivity index (χ0n) is 11.1. The largest absolute Gasteiger partial charge is 0.271 e. The summed E-state index contributed by atoms with van der Waals surface area (Å²) in [5, 5.41) is 8.73. The minimum Gasteiger partial charge on any atom is -0.271 e. The smallest absolute Gasteiger partial charge is 0.102 e. The van der Waals surface area contributed by atoms with Crippen LogP contribution < -0.4 is 11.3 Å². The van der Waals surface area contributed by atoms with E-state index in [1.807, 2.05) is 30.3 Å². The van der Waals surface area contributed by atoms with Crippen molar-refractivity contribution in [1.82, 2.24) is 20.4 Å². The Labute approximate surface area is 113 Å². The van der Waals surface area contributed by atoms with E-state index in [1.165, 1.54) is 0 Å². The third kappa shape index (κ3) is 3.27. The molecule has 0 saturated carbocycles. The fraction of sp³-hybridized carbons (Fsp3) is 0.286. The summed E-state index contributed by atoms with van der Waals surface area (Å²) in [7, 11) is 0. The highest BCUT2D eigenvalue weighted by Crippen LogP contribution is 2.19. The van der Waals surface area contributed by atoms with E-state index in [4.69, 9.17) is 5.84 Å². The van der Waals surface area contributed by atoms with Gasteiger partial charge in [0, 0.05) is 0 Å². The van der Waals surface area contributed by atoms with Crippen LogP contribution in [0.25, 0.3) is 5.69 Å². The number of nitrogens with two attached hydrogens (primary N) is 1. The molecule has 0 aliphatic rings. The van der Waals surface area contributed by atoms with E-state index >= 15 is 0 Å². The van der Waals surface area contributed by atoms with Gasteiger partial charge < -0.3 is 0 Å². The first-order chi connectivity index (χ1) is 9.24. The molecule has 0 aliphatic heterocycles. The van der Waals surface area contributed by atoms with E-state index in [1.54, 1.807) is 11.0 Å². The summed E-state index contributed by atoms with van der Waals surface area (Å²) < 4.78 is 0. The summed E-state index contributed by atoms with van der Waals surface area (Å²) in [6.07, 6.45) is 3.44. The van der Waals surface area contributed by atoms with Crippen molar-refractivity contribution < 1.29 is 0 Å². The lowest BCUT2D eigenvalue weighted by molar-refractivity contribution is 0.526. The maximum absolute atomic E-state index is 5.59. The molecule has 1 unspecified atom stereocenters. The predicted molar refractivity (Wildman–Crippen MR) is 75.5 cm³/mol. The van der Waals surface area contributed by atoms with Crippen molar-refractivity contribution in [2.75, 3.05) is 0 Å². The molecule has 2 rings (SSSR count). The van der Waals surface area contributed by atoms with Crippen LogP contribution in [-0.2, 0) is 0 Å². The van der Waals surface area contributed by atoms with Gasteiger partial charge in [-0.15, -0.1) is 0 Å². The van der Waals surface area contributed by atoms with Gasteiger partial charge in [-0.1, -0.05) is 37.3 Å². The number of hydrogen-bond acceptors (Lipinski definition) is 4. The van der Waals surface area contributed by atoms with Crippen LogP contribution in [0.4, 0.5) is 0 Å². The molecule has 1 aromatic carbocycles. The highest BCUT2D eigenvalue weighted by atomic mass is 15.5. The van der Waals surface area contributed by atoms with Crippen LogP contribution in [0.1, 0.15) is 31.5 Å². The molecule has 2 aromatic rings. The average Bonchev–Trinajstić information content (AvgIpc) is 2.95. The molecule has 0 bridgehead atoms. The van der Waals surface area contributed by atoms with Gasteiger partial charge in [-0.25, -0.2) is 0 Å². The number of para-hydroxylation sites is 1. The average molecular weight is 257 g/mol. The van der Waals surface area contributed by atoms with Gasteiger partial charge in [0.1, 0.15) is 5.69 Å². The normalized spacial score (nSPS) is 12.3. The van der Waals surface area contributed by atoms with E-state index in [-0.39, 0.29) is 6.04 Å². The molecule has 19 heavy (non-hydrogen) atoms. The molecular weight excluding hydrogens is 238 g/mol. The predicted octanol–water partition coefficient (Wildman–Crippen LogP) is 2.13. The Kier molecular flexibility index (Phi) is 4.43. The van der Waals surface area contributed by atoms with Crippen molar-refractivity contribution in [3.63, 3.8) is 0 Å². The van der Waals surface area contributed by atoms with E-state index in [2.05, 4.69) is 29.1 Å². The Morgan fingerprint density at radius 3 is 2.79 bits per heavy atom. The number of rotatable bonds is 6. The standard InChI is InChI=1S/C14H19N5/c1-3-11(2)9-13(17-15)14-10-16-19(18-14)12-7-5-4-6-8-12/h4-8,10,13,17H,2-3,9,15H2,1H3. The zero-order chi connectivity index (χ0) is 13.7. The quantitative estimate of drug-likeness (QED) is 0.472. The second-order valence-corrected chi connectivity index (χ2v) is 4.42. The lowest BCUT2D eigenvalue weighted by atomic mass is 10.0. The zero-order valence-corrected chi connectivity index (χ0v) is 11.1. The van der Waals surface area contributed by atoms with Crippen LogP contribution in [0.2, 0.25) is 0 Å². The molecule has 5 nitrogen and oxygen atoms in total. The van der Waals surface area contributed by atoms with Crippen molar-refractivity contribution in [1.29, 1.82) is 0 Å². The minimum atomic E-state index is -0.0510. The fourth-order valence-electron chi connectivity index (χ4n) is 1.80. The van der Waals surface area contributed by atoms with Crippen LogP contribution in [0.15, 0.2) is 48.7 Å². The van der Waals surface area contributed by atoms with Gasteiger partial charge >= 0.3 is 0 Å². The molecular formula is C14H19N5. The minimum absolute atomic E-state index is 0.0510. The molecule has 3 N–H and O–H groups in total. The number of nitrogens with one attached hydrogen (secondary N) is 1. The van der Waals surface area contributed by atoms with Gasteiger partial charge in [0.15, 0.2) is 0 Å². The van der Waals surface area contributed by atoms with Crippen LogP contribution in [0.5, 0.6) is 0 Å². The first kappa shape index (κ1) is 13.5. The monoisotopic (exact) mass is 257 g/mol. The molecule has 0 aliphatic carbocycles. The first-order valence-corrected chi connectivity index (χ1v) is 6.35. The van der Waals surface area contributed by atoms with Gasteiger partial charge in [0.05, 0.1) is 17.9 Å². The summed E-state index contributed by atoms with van der Waals surface area (Å²) in [6.45, 7) is 6.08. The highest BCUT2D eigenvalue weighted by molar-refractivity contribution is 5.28. The van der Waals surface area contributed by atoms with Gasteiger partial charge in [0.25, 0.3) is 0 Å². The van der Waals surface area contributed by atoms with Crippen molar-refractivity contribution in [3.05, 3.63) is 54.4 Å². The van der Waals surface area contributed by atoms with Crippen molar-refractivity contribution in [3.8, 4) is 5.69 Å². The van der Waals surface area contributed by atoms with E-state index in [9.17, 15) is 0 Å². The van der Waals surface area contributed by atoms with Crippen molar-refractivity contribution >= 4 is 0 Å². The molecule has 5 heteroatoms. The van der Waals surface area contributed by atoms with Crippen LogP contribution in [0, 0.1) is 0 Å². The molecule has 0 fully saturated rings. The molecule has 1 aromatic heterocycles. The maximum atomic E-state index is 5.59. The number of aromatic nitrogens is 3. The van der Waals surface area contributed by atoms with E-state index < -0.39 is 0 Å². The number of hydrazine groups is 1. The second-order valence-electron chi connectivity index (χ2n) is 4.42. The fourth-order valence-corrected chi connectivity index (χ4v) is 1.80. The summed E-state index contributed by atoms with van der Waals surface area (Å²) in [6, 6.07) is 9.74. The molecule has 100 valence electrons. The molecule has 0 saturated heterocycles. The van der Waals surface area contributed by atoms with Gasteiger partial charge in [-0.2, -0.15) is 15.0 Å². The summed E-state index contributed by atoms with van der Waals surface area (Å²) in [5.74, 6) is 5.59. The van der Waals surface area contributed by atoms with Crippen molar-refractivity contribution in [2.24, 2.45) is 5.84 Å². The Morgan fingerprint density at radius 1 is 1.42 bits per heavy atom.